The summed E-state index contributed by atoms with van der Waals surface area (Å²) in [5.41, 5.74) is 0. The standard InChI is InChI=1S/C9H16N2O6/c1-2-17-7(13)3-4-10-9(16)11-6(5-12)8(14)15/h6,12H,2-5H2,1H3,(H,14,15)(H2,10,11,16)/t6-/m0/s1. The zero-order valence-electron chi connectivity index (χ0n) is 9.43. The Bertz CT molecular complexity index is 281. The van der Waals surface area contributed by atoms with Crippen LogP contribution in [-0.4, -0.2) is 54.0 Å². The molecule has 0 saturated carbocycles. The van der Waals surface area contributed by atoms with E-state index in [1.807, 2.05) is 5.32 Å². The molecule has 1 atom stereocenters. The number of aliphatic hydroxyl groups excluding tert-OH is 1. The van der Waals surface area contributed by atoms with Gasteiger partial charge in [0.05, 0.1) is 19.6 Å². The van der Waals surface area contributed by atoms with Gasteiger partial charge >= 0.3 is 18.0 Å². The van der Waals surface area contributed by atoms with Crippen LogP contribution >= 0.6 is 0 Å². The SMILES string of the molecule is CCOC(=O)CCNC(=O)N[C@@H](CO)C(=O)O. The molecule has 0 rings (SSSR count). The van der Waals surface area contributed by atoms with Crippen molar-refractivity contribution in [3.63, 3.8) is 0 Å². The monoisotopic (exact) mass is 248 g/mol. The predicted molar refractivity (Wildman–Crippen MR) is 56.3 cm³/mol. The van der Waals surface area contributed by atoms with Gasteiger partial charge in [0.2, 0.25) is 0 Å². The van der Waals surface area contributed by atoms with E-state index in [1.165, 1.54) is 0 Å². The van der Waals surface area contributed by atoms with Crippen LogP contribution in [0.25, 0.3) is 0 Å². The number of ether oxygens (including phenoxy) is 1. The van der Waals surface area contributed by atoms with Crippen LogP contribution in [0.2, 0.25) is 0 Å². The van der Waals surface area contributed by atoms with Crippen molar-refractivity contribution in [2.75, 3.05) is 19.8 Å². The van der Waals surface area contributed by atoms with Gasteiger partial charge in [0.15, 0.2) is 6.04 Å². The number of carboxylic acids is 1. The molecule has 8 nitrogen and oxygen atoms in total. The second kappa shape index (κ2) is 8.34. The largest absolute Gasteiger partial charge is 0.480 e. The molecule has 0 bridgehead atoms. The fourth-order valence-electron chi connectivity index (χ4n) is 0.906. The maximum atomic E-state index is 11.1. The molecular weight excluding hydrogens is 232 g/mol. The number of rotatable bonds is 7. The first kappa shape index (κ1) is 15.2. The first-order valence-corrected chi connectivity index (χ1v) is 5.04. The van der Waals surface area contributed by atoms with Crippen LogP contribution in [0, 0.1) is 0 Å². The molecule has 0 aromatic rings. The second-order valence-electron chi connectivity index (χ2n) is 3.03. The van der Waals surface area contributed by atoms with Crippen LogP contribution in [0.1, 0.15) is 13.3 Å². The van der Waals surface area contributed by atoms with Gasteiger partial charge in [-0.2, -0.15) is 0 Å². The van der Waals surface area contributed by atoms with Crippen molar-refractivity contribution in [3.8, 4) is 0 Å². The van der Waals surface area contributed by atoms with Gasteiger partial charge < -0.3 is 25.6 Å². The van der Waals surface area contributed by atoms with Gasteiger partial charge in [-0.05, 0) is 6.92 Å². The molecule has 0 radical (unpaired) electrons. The predicted octanol–water partition coefficient (Wildman–Crippen LogP) is -1.32. The van der Waals surface area contributed by atoms with Crippen molar-refractivity contribution in [2.45, 2.75) is 19.4 Å². The second-order valence-corrected chi connectivity index (χ2v) is 3.03. The lowest BCUT2D eigenvalue weighted by atomic mass is 10.3. The van der Waals surface area contributed by atoms with Gasteiger partial charge in [0.1, 0.15) is 0 Å². The minimum absolute atomic E-state index is 0.00186. The number of hydrogen-bond acceptors (Lipinski definition) is 5. The third-order valence-corrected chi connectivity index (χ3v) is 1.71. The average Bonchev–Trinajstić information content (AvgIpc) is 2.25. The van der Waals surface area contributed by atoms with Crippen LogP contribution in [0.3, 0.4) is 0 Å². The van der Waals surface area contributed by atoms with E-state index < -0.39 is 30.6 Å². The smallest absolute Gasteiger partial charge is 0.328 e. The molecule has 4 N–H and O–H groups in total. The van der Waals surface area contributed by atoms with Crippen LogP contribution in [0.15, 0.2) is 0 Å². The molecule has 0 aliphatic heterocycles. The van der Waals surface area contributed by atoms with E-state index in [0.717, 1.165) is 0 Å². The lowest BCUT2D eigenvalue weighted by Gasteiger charge is -2.12. The molecule has 2 amide bonds. The van der Waals surface area contributed by atoms with E-state index in [4.69, 9.17) is 10.2 Å². The molecule has 0 heterocycles. The number of urea groups is 1. The highest BCUT2D eigenvalue weighted by Gasteiger charge is 2.18. The van der Waals surface area contributed by atoms with Crippen LogP contribution in [0.5, 0.6) is 0 Å². The molecule has 0 fully saturated rings. The molecule has 0 aliphatic carbocycles. The fraction of sp³-hybridized carbons (Fsp3) is 0.667. The Morgan fingerprint density at radius 2 is 2.00 bits per heavy atom. The van der Waals surface area contributed by atoms with E-state index in [-0.39, 0.29) is 19.6 Å². The van der Waals surface area contributed by atoms with Gasteiger partial charge in [-0.25, -0.2) is 9.59 Å². The Kier molecular flexibility index (Phi) is 7.44. The minimum Gasteiger partial charge on any atom is -0.480 e. The van der Waals surface area contributed by atoms with E-state index >= 15 is 0 Å². The Morgan fingerprint density at radius 3 is 2.47 bits per heavy atom. The maximum absolute atomic E-state index is 11.1. The Balaban J connectivity index is 3.79. The number of esters is 1. The van der Waals surface area contributed by atoms with E-state index in [1.54, 1.807) is 6.92 Å². The quantitative estimate of drug-likeness (QED) is 0.414. The van der Waals surface area contributed by atoms with Gasteiger partial charge in [-0.3, -0.25) is 4.79 Å². The summed E-state index contributed by atoms with van der Waals surface area (Å²) < 4.78 is 4.62. The number of hydrogen-bond donors (Lipinski definition) is 4. The van der Waals surface area contributed by atoms with Crippen molar-refractivity contribution in [1.82, 2.24) is 10.6 Å². The molecule has 8 heteroatoms. The molecular formula is C9H16N2O6. The Labute approximate surface area is 97.9 Å². The Morgan fingerprint density at radius 1 is 1.35 bits per heavy atom. The van der Waals surface area contributed by atoms with E-state index in [2.05, 4.69) is 10.1 Å². The van der Waals surface area contributed by atoms with Gasteiger partial charge in [-0.15, -0.1) is 0 Å². The van der Waals surface area contributed by atoms with E-state index in [0.29, 0.717) is 0 Å². The summed E-state index contributed by atoms with van der Waals surface area (Å²) in [5.74, 6) is -1.79. The minimum atomic E-state index is -1.36. The highest BCUT2D eigenvalue weighted by Crippen LogP contribution is 1.85. The molecule has 0 aromatic carbocycles. The number of carboxylic acid groups (broad SMARTS) is 1. The van der Waals surface area contributed by atoms with Crippen molar-refractivity contribution in [1.29, 1.82) is 0 Å². The number of aliphatic hydroxyl groups is 1. The van der Waals surface area contributed by atoms with Crippen molar-refractivity contribution < 1.29 is 29.3 Å². The van der Waals surface area contributed by atoms with Gasteiger partial charge in [0.25, 0.3) is 0 Å². The molecule has 0 unspecified atom stereocenters. The average molecular weight is 248 g/mol. The number of nitrogens with one attached hydrogen (secondary N) is 2. The summed E-state index contributed by atoms with van der Waals surface area (Å²) in [4.78, 5) is 32.4. The summed E-state index contributed by atoms with van der Waals surface area (Å²) in [5, 5.41) is 21.4. The first-order valence-electron chi connectivity index (χ1n) is 5.04. The van der Waals surface area contributed by atoms with Crippen LogP contribution in [-0.2, 0) is 14.3 Å². The summed E-state index contributed by atoms with van der Waals surface area (Å²) in [7, 11) is 0. The molecule has 0 saturated heterocycles. The molecule has 98 valence electrons. The fourth-order valence-corrected chi connectivity index (χ4v) is 0.906. The lowest BCUT2D eigenvalue weighted by Crippen LogP contribution is -2.48. The highest BCUT2D eigenvalue weighted by molar-refractivity contribution is 5.82. The molecule has 0 aliphatic rings. The van der Waals surface area contributed by atoms with Crippen molar-refractivity contribution >= 4 is 18.0 Å². The third-order valence-electron chi connectivity index (χ3n) is 1.71. The zero-order valence-corrected chi connectivity index (χ0v) is 9.43. The number of carbonyl (C=O) groups is 3. The number of aliphatic carboxylic acids is 1. The number of amides is 2. The first-order chi connectivity index (χ1) is 8.01. The summed E-state index contributed by atoms with van der Waals surface area (Å²) in [6.07, 6.45) is -0.00186. The molecule has 17 heavy (non-hydrogen) atoms. The van der Waals surface area contributed by atoms with Crippen molar-refractivity contribution in [2.24, 2.45) is 0 Å². The number of carbonyl (C=O) groups excluding carboxylic acids is 2. The third kappa shape index (κ3) is 7.12. The molecule has 0 spiro atoms. The highest BCUT2D eigenvalue weighted by atomic mass is 16.5. The zero-order chi connectivity index (χ0) is 13.3. The summed E-state index contributed by atoms with van der Waals surface area (Å²) in [6, 6.07) is -2.13. The van der Waals surface area contributed by atoms with Gasteiger partial charge in [0, 0.05) is 6.54 Å². The van der Waals surface area contributed by atoms with E-state index in [9.17, 15) is 14.4 Å². The van der Waals surface area contributed by atoms with Crippen LogP contribution in [0.4, 0.5) is 4.79 Å². The van der Waals surface area contributed by atoms with Crippen LogP contribution < -0.4 is 10.6 Å². The maximum Gasteiger partial charge on any atom is 0.328 e. The lowest BCUT2D eigenvalue weighted by molar-refractivity contribution is -0.143. The molecule has 0 aromatic heterocycles. The summed E-state index contributed by atoms with van der Waals surface area (Å²) >= 11 is 0. The normalized spacial score (nSPS) is 11.4. The van der Waals surface area contributed by atoms with Crippen molar-refractivity contribution in [3.05, 3.63) is 0 Å². The Hall–Kier alpha value is -1.83. The summed E-state index contributed by atoms with van der Waals surface area (Å²) in [6.45, 7) is 1.25. The topological polar surface area (TPSA) is 125 Å². The van der Waals surface area contributed by atoms with Gasteiger partial charge in [-0.1, -0.05) is 0 Å².